The Balaban J connectivity index is 2.02. The maximum absolute atomic E-state index is 12.5. The zero-order valence-electron chi connectivity index (χ0n) is 12.2. The third-order valence-electron chi connectivity index (χ3n) is 3.97. The van der Waals surface area contributed by atoms with E-state index in [2.05, 4.69) is 5.32 Å². The van der Waals surface area contributed by atoms with Crippen molar-refractivity contribution in [2.45, 2.75) is 19.0 Å². The minimum absolute atomic E-state index is 0.0469. The molecule has 1 fully saturated rings. The number of amides is 1. The summed E-state index contributed by atoms with van der Waals surface area (Å²) in [6.45, 7) is 0.496. The summed E-state index contributed by atoms with van der Waals surface area (Å²) in [5.41, 5.74) is -1.90. The molecule has 5 nitrogen and oxygen atoms in total. The van der Waals surface area contributed by atoms with E-state index in [9.17, 15) is 27.9 Å². The summed E-state index contributed by atoms with van der Waals surface area (Å²) in [7, 11) is 0. The van der Waals surface area contributed by atoms with Gasteiger partial charge < -0.3 is 15.2 Å². The number of aliphatic carboxylic acids is 1. The number of ether oxygens (including phenoxy) is 1. The summed E-state index contributed by atoms with van der Waals surface area (Å²) in [6.07, 6.45) is -3.92. The van der Waals surface area contributed by atoms with E-state index < -0.39 is 29.0 Å². The topological polar surface area (TPSA) is 75.6 Å². The van der Waals surface area contributed by atoms with E-state index in [1.165, 1.54) is 0 Å². The highest BCUT2D eigenvalue weighted by Crippen LogP contribution is 2.31. The quantitative estimate of drug-likeness (QED) is 0.888. The molecule has 1 aliphatic rings. The molecule has 0 unspecified atom stereocenters. The standard InChI is InChI=1S/C15H16F3NO4/c16-15(17,18)11-3-1-10(2-4-11)12(20)19-9-14(13(21)22)5-7-23-8-6-14/h1-4H,5-9H2,(H,19,20)(H,21,22). The van der Waals surface area contributed by atoms with Crippen molar-refractivity contribution < 1.29 is 32.6 Å². The Bertz CT molecular complexity index is 577. The molecule has 126 valence electrons. The molecule has 0 bridgehead atoms. The minimum Gasteiger partial charge on any atom is -0.481 e. The van der Waals surface area contributed by atoms with Gasteiger partial charge >= 0.3 is 12.1 Å². The van der Waals surface area contributed by atoms with E-state index in [0.717, 1.165) is 24.3 Å². The van der Waals surface area contributed by atoms with E-state index in [1.807, 2.05) is 0 Å². The molecule has 0 aromatic heterocycles. The van der Waals surface area contributed by atoms with Crippen molar-refractivity contribution in [1.29, 1.82) is 0 Å². The van der Waals surface area contributed by atoms with E-state index in [-0.39, 0.29) is 24.9 Å². The van der Waals surface area contributed by atoms with Crippen LogP contribution in [0, 0.1) is 5.41 Å². The zero-order valence-corrected chi connectivity index (χ0v) is 12.2. The molecule has 1 amide bonds. The van der Waals surface area contributed by atoms with Crippen LogP contribution in [-0.4, -0.2) is 36.7 Å². The van der Waals surface area contributed by atoms with Gasteiger partial charge in [0.15, 0.2) is 0 Å². The number of benzene rings is 1. The summed E-state index contributed by atoms with van der Waals surface area (Å²) in [5, 5.41) is 11.9. The Hall–Kier alpha value is -2.09. The molecular formula is C15H16F3NO4. The lowest BCUT2D eigenvalue weighted by atomic mass is 9.80. The lowest BCUT2D eigenvalue weighted by Gasteiger charge is -2.33. The first-order valence-corrected chi connectivity index (χ1v) is 7.01. The number of carbonyl (C=O) groups is 2. The maximum Gasteiger partial charge on any atom is 0.416 e. The second-order valence-electron chi connectivity index (χ2n) is 5.46. The molecule has 23 heavy (non-hydrogen) atoms. The van der Waals surface area contributed by atoms with Crippen LogP contribution in [0.5, 0.6) is 0 Å². The van der Waals surface area contributed by atoms with Gasteiger partial charge in [-0.1, -0.05) is 0 Å². The number of carbonyl (C=O) groups excluding carboxylic acids is 1. The average Bonchev–Trinajstić information content (AvgIpc) is 2.52. The Labute approximate surface area is 130 Å². The van der Waals surface area contributed by atoms with Crippen molar-refractivity contribution in [3.63, 3.8) is 0 Å². The smallest absolute Gasteiger partial charge is 0.416 e. The van der Waals surface area contributed by atoms with Gasteiger partial charge in [0.25, 0.3) is 5.91 Å². The largest absolute Gasteiger partial charge is 0.481 e. The first kappa shape index (κ1) is 17.3. The number of carboxylic acids is 1. The van der Waals surface area contributed by atoms with Crippen LogP contribution in [0.4, 0.5) is 13.2 Å². The molecule has 0 spiro atoms. The minimum atomic E-state index is -4.47. The van der Waals surface area contributed by atoms with E-state index in [4.69, 9.17) is 4.74 Å². The first-order valence-electron chi connectivity index (χ1n) is 7.01. The summed E-state index contributed by atoms with van der Waals surface area (Å²) >= 11 is 0. The number of hydrogen-bond acceptors (Lipinski definition) is 3. The monoisotopic (exact) mass is 331 g/mol. The Morgan fingerprint density at radius 3 is 2.22 bits per heavy atom. The van der Waals surface area contributed by atoms with Crippen molar-refractivity contribution in [2.24, 2.45) is 5.41 Å². The third kappa shape index (κ3) is 4.01. The zero-order chi connectivity index (χ0) is 17.1. The fourth-order valence-electron chi connectivity index (χ4n) is 2.39. The van der Waals surface area contributed by atoms with Gasteiger partial charge in [0.05, 0.1) is 11.0 Å². The molecule has 2 rings (SSSR count). The Morgan fingerprint density at radius 1 is 1.17 bits per heavy atom. The van der Waals surface area contributed by atoms with E-state index >= 15 is 0 Å². The molecule has 1 heterocycles. The van der Waals surface area contributed by atoms with Crippen LogP contribution in [0.15, 0.2) is 24.3 Å². The molecule has 0 radical (unpaired) electrons. The molecule has 0 aliphatic carbocycles. The highest BCUT2D eigenvalue weighted by atomic mass is 19.4. The van der Waals surface area contributed by atoms with E-state index in [0.29, 0.717) is 13.2 Å². The molecular weight excluding hydrogens is 315 g/mol. The molecule has 0 atom stereocenters. The number of carboxylic acid groups (broad SMARTS) is 1. The van der Waals surface area contributed by atoms with Gasteiger partial charge in [0.2, 0.25) is 0 Å². The summed E-state index contributed by atoms with van der Waals surface area (Å²) < 4.78 is 42.5. The average molecular weight is 331 g/mol. The lowest BCUT2D eigenvalue weighted by Crippen LogP contribution is -2.46. The van der Waals surface area contributed by atoms with Crippen LogP contribution in [-0.2, 0) is 15.7 Å². The third-order valence-corrected chi connectivity index (χ3v) is 3.97. The molecule has 1 aromatic rings. The molecule has 1 saturated heterocycles. The number of rotatable bonds is 4. The van der Waals surface area contributed by atoms with Crippen molar-refractivity contribution in [1.82, 2.24) is 5.32 Å². The summed E-state index contributed by atoms with van der Waals surface area (Å²) in [4.78, 5) is 23.4. The second kappa shape index (κ2) is 6.57. The van der Waals surface area contributed by atoms with Crippen molar-refractivity contribution in [3.05, 3.63) is 35.4 Å². The highest BCUT2D eigenvalue weighted by molar-refractivity contribution is 5.94. The van der Waals surface area contributed by atoms with Gasteiger partial charge in [-0.3, -0.25) is 9.59 Å². The Morgan fingerprint density at radius 2 is 1.74 bits per heavy atom. The van der Waals surface area contributed by atoms with Crippen molar-refractivity contribution >= 4 is 11.9 Å². The predicted molar refractivity (Wildman–Crippen MR) is 73.9 cm³/mol. The van der Waals surface area contributed by atoms with Gasteiger partial charge in [-0.2, -0.15) is 13.2 Å². The fraction of sp³-hybridized carbons (Fsp3) is 0.467. The van der Waals surface area contributed by atoms with Crippen LogP contribution < -0.4 is 5.32 Å². The van der Waals surface area contributed by atoms with Crippen molar-refractivity contribution in [2.75, 3.05) is 19.8 Å². The fourth-order valence-corrected chi connectivity index (χ4v) is 2.39. The molecule has 8 heteroatoms. The van der Waals surface area contributed by atoms with Gasteiger partial charge in [-0.15, -0.1) is 0 Å². The summed E-state index contributed by atoms with van der Waals surface area (Å²) in [5.74, 6) is -1.63. The lowest BCUT2D eigenvalue weighted by molar-refractivity contribution is -0.154. The maximum atomic E-state index is 12.5. The van der Waals surface area contributed by atoms with Gasteiger partial charge in [-0.05, 0) is 37.1 Å². The van der Waals surface area contributed by atoms with Gasteiger partial charge in [0.1, 0.15) is 0 Å². The van der Waals surface area contributed by atoms with Crippen LogP contribution >= 0.6 is 0 Å². The number of hydrogen-bond donors (Lipinski definition) is 2. The van der Waals surface area contributed by atoms with Gasteiger partial charge in [0, 0.05) is 25.3 Å². The van der Waals surface area contributed by atoms with Crippen molar-refractivity contribution in [3.8, 4) is 0 Å². The summed E-state index contributed by atoms with van der Waals surface area (Å²) in [6, 6.07) is 3.76. The SMILES string of the molecule is O=C(NCC1(C(=O)O)CCOCC1)c1ccc(C(F)(F)F)cc1. The number of halogens is 3. The van der Waals surface area contributed by atoms with Crippen LogP contribution in [0.3, 0.4) is 0 Å². The van der Waals surface area contributed by atoms with Gasteiger partial charge in [-0.25, -0.2) is 0 Å². The Kier molecular flexibility index (Phi) is 4.93. The normalized spacial score (nSPS) is 17.5. The molecule has 1 aliphatic heterocycles. The van der Waals surface area contributed by atoms with Crippen LogP contribution in [0.1, 0.15) is 28.8 Å². The van der Waals surface area contributed by atoms with E-state index in [1.54, 1.807) is 0 Å². The van der Waals surface area contributed by atoms with Crippen LogP contribution in [0.25, 0.3) is 0 Å². The molecule has 1 aromatic carbocycles. The second-order valence-corrected chi connectivity index (χ2v) is 5.46. The first-order chi connectivity index (χ1) is 10.7. The molecule has 0 saturated carbocycles. The number of nitrogens with one attached hydrogen (secondary N) is 1. The molecule has 2 N–H and O–H groups in total. The highest BCUT2D eigenvalue weighted by Gasteiger charge is 2.40. The van der Waals surface area contributed by atoms with Crippen LogP contribution in [0.2, 0.25) is 0 Å². The number of alkyl halides is 3. The predicted octanol–water partition coefficient (Wildman–Crippen LogP) is 2.32.